The Morgan fingerprint density at radius 3 is 2.60 bits per heavy atom. The number of likely N-dealkylation sites (tertiary alicyclic amines) is 1. The molecular formula is C13H19N3O4. The minimum Gasteiger partial charge on any atom is -0.477 e. The van der Waals surface area contributed by atoms with Crippen molar-refractivity contribution in [3.63, 3.8) is 0 Å². The van der Waals surface area contributed by atoms with Crippen LogP contribution in [0.15, 0.2) is 15.8 Å². The van der Waals surface area contributed by atoms with Gasteiger partial charge in [-0.25, -0.2) is 9.59 Å². The van der Waals surface area contributed by atoms with Crippen molar-refractivity contribution in [2.75, 3.05) is 19.6 Å². The fourth-order valence-electron chi connectivity index (χ4n) is 2.60. The number of carboxylic acids is 1. The number of carboxylic acid groups (broad SMARTS) is 1. The van der Waals surface area contributed by atoms with Crippen LogP contribution in [0.25, 0.3) is 0 Å². The van der Waals surface area contributed by atoms with Gasteiger partial charge in [0.1, 0.15) is 5.56 Å². The Kier molecular flexibility index (Phi) is 4.39. The molecule has 0 amide bonds. The summed E-state index contributed by atoms with van der Waals surface area (Å²) in [6, 6.07) is 0. The zero-order valence-corrected chi connectivity index (χ0v) is 11.5. The third kappa shape index (κ3) is 3.36. The van der Waals surface area contributed by atoms with Crippen LogP contribution in [0.5, 0.6) is 0 Å². The van der Waals surface area contributed by atoms with Gasteiger partial charge < -0.3 is 10.0 Å². The molecule has 0 spiro atoms. The van der Waals surface area contributed by atoms with Gasteiger partial charge in [-0.2, -0.15) is 0 Å². The van der Waals surface area contributed by atoms with Crippen LogP contribution in [0.4, 0.5) is 0 Å². The average Bonchev–Trinajstić information content (AvgIpc) is 2.84. The van der Waals surface area contributed by atoms with Gasteiger partial charge in [-0.3, -0.25) is 14.3 Å². The molecule has 1 aromatic rings. The predicted octanol–water partition coefficient (Wildman–Crippen LogP) is -0.0333. The van der Waals surface area contributed by atoms with E-state index in [-0.39, 0.29) is 5.92 Å². The van der Waals surface area contributed by atoms with Crippen LogP contribution >= 0.6 is 0 Å². The van der Waals surface area contributed by atoms with Gasteiger partial charge in [0, 0.05) is 19.3 Å². The predicted molar refractivity (Wildman–Crippen MR) is 73.1 cm³/mol. The van der Waals surface area contributed by atoms with E-state index in [1.807, 2.05) is 11.9 Å². The lowest BCUT2D eigenvalue weighted by molar-refractivity contribution is 0.0693. The van der Waals surface area contributed by atoms with Gasteiger partial charge in [0.15, 0.2) is 0 Å². The third-order valence-corrected chi connectivity index (χ3v) is 3.52. The van der Waals surface area contributed by atoms with E-state index >= 15 is 0 Å². The number of H-pyrrole nitrogens is 1. The number of rotatable bonds is 5. The lowest BCUT2D eigenvalue weighted by Crippen LogP contribution is -2.36. The number of hydrogen-bond acceptors (Lipinski definition) is 4. The summed E-state index contributed by atoms with van der Waals surface area (Å²) in [4.78, 5) is 38.3. The highest BCUT2D eigenvalue weighted by atomic mass is 16.4. The van der Waals surface area contributed by atoms with E-state index in [2.05, 4.69) is 4.90 Å². The molecule has 7 heteroatoms. The van der Waals surface area contributed by atoms with Gasteiger partial charge >= 0.3 is 11.7 Å². The van der Waals surface area contributed by atoms with Gasteiger partial charge in [0.2, 0.25) is 0 Å². The first-order valence-corrected chi connectivity index (χ1v) is 6.77. The highest BCUT2D eigenvalue weighted by Crippen LogP contribution is 2.11. The summed E-state index contributed by atoms with van der Waals surface area (Å²) < 4.78 is 1.27. The molecule has 0 saturated carbocycles. The van der Waals surface area contributed by atoms with Crippen LogP contribution in [0.3, 0.4) is 0 Å². The maximum atomic E-state index is 11.7. The summed E-state index contributed by atoms with van der Waals surface area (Å²) in [5.74, 6) is -1.12. The molecule has 2 heterocycles. The monoisotopic (exact) mass is 281 g/mol. The Labute approximate surface area is 115 Å². The quantitative estimate of drug-likeness (QED) is 0.790. The molecule has 1 fully saturated rings. The lowest BCUT2D eigenvalue weighted by atomic mass is 10.1. The zero-order chi connectivity index (χ0) is 14.7. The Morgan fingerprint density at radius 1 is 1.35 bits per heavy atom. The molecule has 1 saturated heterocycles. The topological polar surface area (TPSA) is 95.4 Å². The molecule has 7 nitrogen and oxygen atoms in total. The average molecular weight is 281 g/mol. The number of carbonyl (C=O) groups is 1. The molecule has 1 atom stereocenters. The van der Waals surface area contributed by atoms with Gasteiger partial charge in [-0.05, 0) is 31.8 Å². The normalized spacial score (nSPS) is 17.2. The molecule has 20 heavy (non-hydrogen) atoms. The summed E-state index contributed by atoms with van der Waals surface area (Å²) >= 11 is 0. The maximum Gasteiger partial charge on any atom is 0.342 e. The molecular weight excluding hydrogens is 262 g/mol. The van der Waals surface area contributed by atoms with E-state index in [9.17, 15) is 14.4 Å². The molecule has 1 unspecified atom stereocenters. The molecule has 0 aliphatic carbocycles. The van der Waals surface area contributed by atoms with E-state index in [1.165, 1.54) is 17.4 Å². The SMILES string of the molecule is CC(CN1CCCC1)Cn1cc(C(=O)O)c(=O)[nH]c1=O. The molecule has 110 valence electrons. The maximum absolute atomic E-state index is 11.7. The molecule has 0 bridgehead atoms. The number of nitrogens with zero attached hydrogens (tertiary/aromatic N) is 2. The number of hydrogen-bond donors (Lipinski definition) is 2. The highest BCUT2D eigenvalue weighted by Gasteiger charge is 2.17. The third-order valence-electron chi connectivity index (χ3n) is 3.52. The van der Waals surface area contributed by atoms with Crippen molar-refractivity contribution in [1.29, 1.82) is 0 Å². The second-order valence-corrected chi connectivity index (χ2v) is 5.37. The van der Waals surface area contributed by atoms with Crippen LogP contribution in [-0.2, 0) is 6.54 Å². The van der Waals surface area contributed by atoms with Crippen LogP contribution in [0.1, 0.15) is 30.1 Å². The van der Waals surface area contributed by atoms with Crippen molar-refractivity contribution in [2.45, 2.75) is 26.3 Å². The van der Waals surface area contributed by atoms with E-state index in [0.717, 1.165) is 25.8 Å². The Morgan fingerprint density at radius 2 is 2.00 bits per heavy atom. The van der Waals surface area contributed by atoms with Gasteiger partial charge in [0.25, 0.3) is 5.56 Å². The summed E-state index contributed by atoms with van der Waals surface area (Å²) in [7, 11) is 0. The molecule has 0 radical (unpaired) electrons. The number of nitrogens with one attached hydrogen (secondary N) is 1. The van der Waals surface area contributed by atoms with Gasteiger partial charge in [-0.15, -0.1) is 0 Å². The summed E-state index contributed by atoms with van der Waals surface area (Å²) in [5, 5.41) is 8.90. The molecule has 1 aromatic heterocycles. The van der Waals surface area contributed by atoms with E-state index in [4.69, 9.17) is 5.11 Å². The van der Waals surface area contributed by atoms with Crippen molar-refractivity contribution in [1.82, 2.24) is 14.5 Å². The van der Waals surface area contributed by atoms with Crippen molar-refractivity contribution in [3.05, 3.63) is 32.6 Å². The van der Waals surface area contributed by atoms with Gasteiger partial charge in [0.05, 0.1) is 0 Å². The van der Waals surface area contributed by atoms with Gasteiger partial charge in [-0.1, -0.05) is 6.92 Å². The van der Waals surface area contributed by atoms with Crippen molar-refractivity contribution >= 4 is 5.97 Å². The summed E-state index contributed by atoms with van der Waals surface area (Å²) in [6.07, 6.45) is 3.53. The fraction of sp³-hybridized carbons (Fsp3) is 0.615. The van der Waals surface area contributed by atoms with Crippen LogP contribution in [-0.4, -0.2) is 45.2 Å². The summed E-state index contributed by atoms with van der Waals surface area (Å²) in [6.45, 7) is 5.42. The molecule has 1 aliphatic rings. The molecule has 0 aromatic carbocycles. The van der Waals surface area contributed by atoms with E-state index < -0.39 is 22.8 Å². The second-order valence-electron chi connectivity index (χ2n) is 5.37. The molecule has 2 N–H and O–H groups in total. The first-order chi connectivity index (χ1) is 9.47. The van der Waals surface area contributed by atoms with Crippen LogP contribution in [0.2, 0.25) is 0 Å². The Bertz CT molecular complexity index is 598. The molecule has 1 aliphatic heterocycles. The van der Waals surface area contributed by atoms with Crippen LogP contribution < -0.4 is 11.2 Å². The zero-order valence-electron chi connectivity index (χ0n) is 11.5. The second kappa shape index (κ2) is 6.04. The minimum atomic E-state index is -1.33. The lowest BCUT2D eigenvalue weighted by Gasteiger charge is -2.20. The number of aromatic carboxylic acids is 1. The standard InChI is InChI=1S/C13H19N3O4/c1-9(6-15-4-2-3-5-15)7-16-8-10(12(18)19)11(17)14-13(16)20/h8-9H,2-7H2,1H3,(H,18,19)(H,14,17,20). The first-order valence-electron chi connectivity index (χ1n) is 6.77. The van der Waals surface area contributed by atoms with Crippen molar-refractivity contribution in [3.8, 4) is 0 Å². The summed E-state index contributed by atoms with van der Waals surface area (Å²) in [5.41, 5.74) is -1.82. The van der Waals surface area contributed by atoms with Crippen molar-refractivity contribution < 1.29 is 9.90 Å². The number of aromatic nitrogens is 2. The fourth-order valence-corrected chi connectivity index (χ4v) is 2.60. The minimum absolute atomic E-state index is 0.207. The van der Waals surface area contributed by atoms with E-state index in [1.54, 1.807) is 0 Å². The first kappa shape index (κ1) is 14.5. The van der Waals surface area contributed by atoms with Crippen molar-refractivity contribution in [2.24, 2.45) is 5.92 Å². The largest absolute Gasteiger partial charge is 0.477 e. The van der Waals surface area contributed by atoms with Crippen LogP contribution in [0, 0.1) is 5.92 Å². The Hall–Kier alpha value is -1.89. The Balaban J connectivity index is 2.11. The number of aromatic amines is 1. The molecule has 2 rings (SSSR count). The smallest absolute Gasteiger partial charge is 0.342 e. The van der Waals surface area contributed by atoms with E-state index in [0.29, 0.717) is 6.54 Å². The highest BCUT2D eigenvalue weighted by molar-refractivity contribution is 5.86.